The van der Waals surface area contributed by atoms with E-state index >= 15 is 0 Å². The molecular weight excluding hydrogens is 232 g/mol. The Morgan fingerprint density at radius 3 is 3.24 bits per heavy atom. The minimum atomic E-state index is 0.190. The zero-order valence-electron chi connectivity index (χ0n) is 10.1. The monoisotopic (exact) mass is 252 g/mol. The summed E-state index contributed by atoms with van der Waals surface area (Å²) in [6.45, 7) is 1.88. The van der Waals surface area contributed by atoms with E-state index in [9.17, 15) is 4.79 Å². The highest BCUT2D eigenvalue weighted by Crippen LogP contribution is 2.11. The van der Waals surface area contributed by atoms with E-state index in [1.165, 1.54) is 17.7 Å². The van der Waals surface area contributed by atoms with E-state index in [0.29, 0.717) is 12.5 Å². The number of amides is 1. The highest BCUT2D eigenvalue weighted by atomic mass is 32.1. The van der Waals surface area contributed by atoms with Gasteiger partial charge in [-0.2, -0.15) is 0 Å². The average molecular weight is 252 g/mol. The van der Waals surface area contributed by atoms with Gasteiger partial charge in [0, 0.05) is 23.9 Å². The van der Waals surface area contributed by atoms with Gasteiger partial charge in [-0.1, -0.05) is 6.07 Å². The molecule has 2 rings (SSSR count). The van der Waals surface area contributed by atoms with Gasteiger partial charge in [-0.25, -0.2) is 0 Å². The Morgan fingerprint density at radius 2 is 2.53 bits per heavy atom. The SMILES string of the molecule is O=C(CCC1CCCN1)NCCc1cccs1. The molecule has 2 heterocycles. The number of hydrogen-bond acceptors (Lipinski definition) is 3. The lowest BCUT2D eigenvalue weighted by molar-refractivity contribution is -0.121. The van der Waals surface area contributed by atoms with Crippen LogP contribution >= 0.6 is 11.3 Å². The smallest absolute Gasteiger partial charge is 0.220 e. The minimum Gasteiger partial charge on any atom is -0.356 e. The molecule has 0 bridgehead atoms. The van der Waals surface area contributed by atoms with Gasteiger partial charge >= 0.3 is 0 Å². The molecule has 0 aliphatic carbocycles. The van der Waals surface area contributed by atoms with Gasteiger partial charge in [-0.05, 0) is 43.7 Å². The second-order valence-corrected chi connectivity index (χ2v) is 5.54. The summed E-state index contributed by atoms with van der Waals surface area (Å²) in [5.41, 5.74) is 0. The van der Waals surface area contributed by atoms with Crippen LogP contribution in [0.2, 0.25) is 0 Å². The van der Waals surface area contributed by atoms with Crippen molar-refractivity contribution in [2.75, 3.05) is 13.1 Å². The van der Waals surface area contributed by atoms with Gasteiger partial charge in [0.25, 0.3) is 0 Å². The Bertz CT molecular complexity index is 331. The first-order valence-corrected chi connectivity index (χ1v) is 7.25. The van der Waals surface area contributed by atoms with Crippen molar-refractivity contribution in [3.8, 4) is 0 Å². The van der Waals surface area contributed by atoms with Gasteiger partial charge < -0.3 is 10.6 Å². The van der Waals surface area contributed by atoms with Crippen LogP contribution in [0.3, 0.4) is 0 Å². The Morgan fingerprint density at radius 1 is 1.59 bits per heavy atom. The molecule has 1 saturated heterocycles. The van der Waals surface area contributed by atoms with Crippen LogP contribution in [0.25, 0.3) is 0 Å². The first-order chi connectivity index (χ1) is 8.34. The predicted octanol–water partition coefficient (Wildman–Crippen LogP) is 1.94. The van der Waals surface area contributed by atoms with Gasteiger partial charge in [-0.3, -0.25) is 4.79 Å². The molecule has 1 aromatic rings. The van der Waals surface area contributed by atoms with Gasteiger partial charge in [0.2, 0.25) is 5.91 Å². The van der Waals surface area contributed by atoms with Crippen molar-refractivity contribution in [3.05, 3.63) is 22.4 Å². The van der Waals surface area contributed by atoms with Crippen molar-refractivity contribution in [2.24, 2.45) is 0 Å². The fraction of sp³-hybridized carbons (Fsp3) is 0.615. The van der Waals surface area contributed by atoms with Crippen LogP contribution in [0.1, 0.15) is 30.6 Å². The van der Waals surface area contributed by atoms with E-state index in [1.807, 2.05) is 6.07 Å². The number of carbonyl (C=O) groups is 1. The molecule has 0 radical (unpaired) electrons. The van der Waals surface area contributed by atoms with Crippen LogP contribution in [0.15, 0.2) is 17.5 Å². The number of carbonyl (C=O) groups excluding carboxylic acids is 1. The third-order valence-electron chi connectivity index (χ3n) is 3.16. The van der Waals surface area contributed by atoms with Crippen molar-refractivity contribution in [3.63, 3.8) is 0 Å². The quantitative estimate of drug-likeness (QED) is 0.812. The lowest BCUT2D eigenvalue weighted by atomic mass is 10.1. The van der Waals surface area contributed by atoms with E-state index in [1.54, 1.807) is 11.3 Å². The Labute approximate surface area is 107 Å². The van der Waals surface area contributed by atoms with E-state index in [2.05, 4.69) is 22.1 Å². The maximum Gasteiger partial charge on any atom is 0.220 e. The van der Waals surface area contributed by atoms with Crippen molar-refractivity contribution < 1.29 is 4.79 Å². The van der Waals surface area contributed by atoms with Gasteiger partial charge in [0.1, 0.15) is 0 Å². The molecule has 1 unspecified atom stereocenters. The summed E-state index contributed by atoms with van der Waals surface area (Å²) < 4.78 is 0. The molecule has 94 valence electrons. The van der Waals surface area contributed by atoms with E-state index in [4.69, 9.17) is 0 Å². The Balaban J connectivity index is 1.54. The number of rotatable bonds is 6. The summed E-state index contributed by atoms with van der Waals surface area (Å²) in [5.74, 6) is 0.190. The molecule has 1 aromatic heterocycles. The maximum atomic E-state index is 11.6. The Kier molecular flexibility index (Phi) is 5.01. The molecule has 1 aliphatic heterocycles. The molecule has 1 amide bonds. The molecular formula is C13H20N2OS. The first kappa shape index (κ1) is 12.6. The van der Waals surface area contributed by atoms with E-state index in [0.717, 1.165) is 25.9 Å². The topological polar surface area (TPSA) is 41.1 Å². The lowest BCUT2D eigenvalue weighted by Gasteiger charge is -2.09. The van der Waals surface area contributed by atoms with Gasteiger partial charge in [0.15, 0.2) is 0 Å². The van der Waals surface area contributed by atoms with Crippen molar-refractivity contribution in [2.45, 2.75) is 38.1 Å². The van der Waals surface area contributed by atoms with Crippen LogP contribution < -0.4 is 10.6 Å². The second-order valence-electron chi connectivity index (χ2n) is 4.51. The van der Waals surface area contributed by atoms with Crippen LogP contribution in [-0.2, 0) is 11.2 Å². The number of hydrogen-bond donors (Lipinski definition) is 2. The Hall–Kier alpha value is -0.870. The van der Waals surface area contributed by atoms with Crippen LogP contribution in [0.4, 0.5) is 0 Å². The highest BCUT2D eigenvalue weighted by Gasteiger charge is 2.14. The minimum absolute atomic E-state index is 0.190. The van der Waals surface area contributed by atoms with Gasteiger partial charge in [-0.15, -0.1) is 11.3 Å². The highest BCUT2D eigenvalue weighted by molar-refractivity contribution is 7.09. The zero-order chi connectivity index (χ0) is 11.9. The molecule has 4 heteroatoms. The summed E-state index contributed by atoms with van der Waals surface area (Å²) in [5, 5.41) is 8.47. The van der Waals surface area contributed by atoms with E-state index < -0.39 is 0 Å². The third kappa shape index (κ3) is 4.48. The van der Waals surface area contributed by atoms with Crippen molar-refractivity contribution in [1.82, 2.24) is 10.6 Å². The fourth-order valence-corrected chi connectivity index (χ4v) is 2.89. The van der Waals surface area contributed by atoms with Crippen molar-refractivity contribution in [1.29, 1.82) is 0 Å². The molecule has 1 atom stereocenters. The molecule has 2 N–H and O–H groups in total. The summed E-state index contributed by atoms with van der Waals surface area (Å²) in [4.78, 5) is 12.9. The fourth-order valence-electron chi connectivity index (χ4n) is 2.18. The summed E-state index contributed by atoms with van der Waals surface area (Å²) in [6.07, 6.45) is 5.06. The lowest BCUT2D eigenvalue weighted by Crippen LogP contribution is -2.28. The molecule has 0 spiro atoms. The third-order valence-corrected chi connectivity index (χ3v) is 4.09. The summed E-state index contributed by atoms with van der Waals surface area (Å²) in [6, 6.07) is 4.73. The predicted molar refractivity (Wildman–Crippen MR) is 71.3 cm³/mol. The average Bonchev–Trinajstić information content (AvgIpc) is 2.99. The summed E-state index contributed by atoms with van der Waals surface area (Å²) in [7, 11) is 0. The normalized spacial score (nSPS) is 19.4. The summed E-state index contributed by atoms with van der Waals surface area (Å²) >= 11 is 1.75. The van der Waals surface area contributed by atoms with Gasteiger partial charge in [0.05, 0.1) is 0 Å². The number of thiophene rings is 1. The van der Waals surface area contributed by atoms with Crippen LogP contribution in [-0.4, -0.2) is 25.0 Å². The molecule has 0 saturated carbocycles. The molecule has 1 aliphatic rings. The van der Waals surface area contributed by atoms with Crippen LogP contribution in [0, 0.1) is 0 Å². The maximum absolute atomic E-state index is 11.6. The molecule has 3 nitrogen and oxygen atoms in total. The molecule has 17 heavy (non-hydrogen) atoms. The largest absolute Gasteiger partial charge is 0.356 e. The molecule has 0 aromatic carbocycles. The second kappa shape index (κ2) is 6.77. The van der Waals surface area contributed by atoms with Crippen LogP contribution in [0.5, 0.6) is 0 Å². The standard InChI is InChI=1S/C13H20N2OS/c16-13(6-5-11-3-1-8-14-11)15-9-7-12-4-2-10-17-12/h2,4,10-11,14H,1,3,5-9H2,(H,15,16). The molecule has 1 fully saturated rings. The first-order valence-electron chi connectivity index (χ1n) is 6.37. The van der Waals surface area contributed by atoms with Crippen molar-refractivity contribution >= 4 is 17.2 Å². The number of nitrogens with one attached hydrogen (secondary N) is 2. The zero-order valence-corrected chi connectivity index (χ0v) is 10.9. The van der Waals surface area contributed by atoms with E-state index in [-0.39, 0.29) is 5.91 Å².